The number of likely N-dealkylation sites (N-methyl/N-ethyl adjacent to an activating group) is 1. The smallest absolute Gasteiger partial charge is 0.324 e. The van der Waals surface area contributed by atoms with Gasteiger partial charge in [-0.25, -0.2) is 0 Å². The molecule has 0 saturated heterocycles. The second-order valence-electron chi connectivity index (χ2n) is 4.01. The second kappa shape index (κ2) is 6.25. The molecule has 1 aromatic carbocycles. The number of hydrogen-bond acceptors (Lipinski definition) is 3. The van der Waals surface area contributed by atoms with E-state index in [1.165, 1.54) is 5.56 Å². The van der Waals surface area contributed by atoms with Gasteiger partial charge in [-0.05, 0) is 43.7 Å². The van der Waals surface area contributed by atoms with Crippen LogP contribution in [0, 0.1) is 13.8 Å². The Morgan fingerprint density at radius 1 is 1.41 bits per heavy atom. The maximum atomic E-state index is 10.9. The predicted molar refractivity (Wildman–Crippen MR) is 66.5 cm³/mol. The molecule has 2 N–H and O–H groups in total. The summed E-state index contributed by atoms with van der Waals surface area (Å²) in [7, 11) is 0. The molecule has 0 bridgehead atoms. The third-order valence-electron chi connectivity index (χ3n) is 2.64. The molecule has 0 heterocycles. The van der Waals surface area contributed by atoms with Gasteiger partial charge in [0.1, 0.15) is 18.4 Å². The minimum atomic E-state index is -0.893. The normalized spacial score (nSPS) is 12.2. The first kappa shape index (κ1) is 13.5. The van der Waals surface area contributed by atoms with E-state index in [2.05, 4.69) is 5.32 Å². The van der Waals surface area contributed by atoms with Crippen LogP contribution in [0.1, 0.15) is 18.1 Å². The molecule has 0 fully saturated rings. The van der Waals surface area contributed by atoms with Crippen LogP contribution in [0.25, 0.3) is 0 Å². The van der Waals surface area contributed by atoms with Gasteiger partial charge in [0.15, 0.2) is 0 Å². The number of carboxylic acids is 1. The molecule has 4 heteroatoms. The van der Waals surface area contributed by atoms with Crippen molar-refractivity contribution in [3.8, 4) is 5.75 Å². The highest BCUT2D eigenvalue weighted by Crippen LogP contribution is 2.16. The van der Waals surface area contributed by atoms with Crippen molar-refractivity contribution in [2.75, 3.05) is 13.2 Å². The SMILES string of the molecule is CCNC(COc1ccc(C)c(C)c1)C(=O)O. The van der Waals surface area contributed by atoms with Crippen molar-refractivity contribution in [3.63, 3.8) is 0 Å². The molecular weight excluding hydrogens is 218 g/mol. The van der Waals surface area contributed by atoms with Gasteiger partial charge >= 0.3 is 5.97 Å². The Morgan fingerprint density at radius 3 is 2.65 bits per heavy atom. The Labute approximate surface area is 102 Å². The third kappa shape index (κ3) is 4.07. The number of nitrogens with one attached hydrogen (secondary N) is 1. The van der Waals surface area contributed by atoms with Gasteiger partial charge in [-0.3, -0.25) is 4.79 Å². The fourth-order valence-electron chi connectivity index (χ4n) is 1.45. The highest BCUT2D eigenvalue weighted by molar-refractivity contribution is 5.73. The van der Waals surface area contributed by atoms with Crippen molar-refractivity contribution in [3.05, 3.63) is 29.3 Å². The quantitative estimate of drug-likeness (QED) is 0.791. The Kier molecular flexibility index (Phi) is 4.97. The Hall–Kier alpha value is -1.55. The minimum absolute atomic E-state index is 0.131. The van der Waals surface area contributed by atoms with Gasteiger partial charge in [0.25, 0.3) is 0 Å². The van der Waals surface area contributed by atoms with Crippen LogP contribution in [0.4, 0.5) is 0 Å². The fraction of sp³-hybridized carbons (Fsp3) is 0.462. The molecule has 1 unspecified atom stereocenters. The molecule has 1 rings (SSSR count). The highest BCUT2D eigenvalue weighted by atomic mass is 16.5. The Balaban J connectivity index is 2.59. The lowest BCUT2D eigenvalue weighted by Gasteiger charge is -2.14. The average Bonchev–Trinajstić information content (AvgIpc) is 2.28. The zero-order chi connectivity index (χ0) is 12.8. The number of carbonyl (C=O) groups is 1. The summed E-state index contributed by atoms with van der Waals surface area (Å²) in [6, 6.07) is 5.07. The lowest BCUT2D eigenvalue weighted by atomic mass is 10.1. The molecule has 0 radical (unpaired) electrons. The molecule has 1 atom stereocenters. The van der Waals surface area contributed by atoms with E-state index in [0.29, 0.717) is 12.3 Å². The number of rotatable bonds is 6. The zero-order valence-electron chi connectivity index (χ0n) is 10.5. The molecule has 0 amide bonds. The maximum absolute atomic E-state index is 10.9. The summed E-state index contributed by atoms with van der Waals surface area (Å²) in [6.45, 7) is 6.63. The van der Waals surface area contributed by atoms with Crippen LogP contribution in [0.5, 0.6) is 5.75 Å². The summed E-state index contributed by atoms with van der Waals surface area (Å²) in [5, 5.41) is 11.8. The van der Waals surface area contributed by atoms with Gasteiger partial charge in [0, 0.05) is 0 Å². The predicted octanol–water partition coefficient (Wildman–Crippen LogP) is 1.74. The van der Waals surface area contributed by atoms with E-state index in [-0.39, 0.29) is 6.61 Å². The van der Waals surface area contributed by atoms with Crippen molar-refractivity contribution in [2.24, 2.45) is 0 Å². The molecule has 0 aromatic heterocycles. The summed E-state index contributed by atoms with van der Waals surface area (Å²) >= 11 is 0. The van der Waals surface area contributed by atoms with E-state index in [9.17, 15) is 4.79 Å². The van der Waals surface area contributed by atoms with E-state index in [1.807, 2.05) is 39.0 Å². The number of ether oxygens (including phenoxy) is 1. The number of carboxylic acid groups (broad SMARTS) is 1. The second-order valence-corrected chi connectivity index (χ2v) is 4.01. The summed E-state index contributed by atoms with van der Waals surface area (Å²) in [5.41, 5.74) is 2.33. The molecule has 0 saturated carbocycles. The highest BCUT2D eigenvalue weighted by Gasteiger charge is 2.16. The first-order valence-electron chi connectivity index (χ1n) is 5.70. The van der Waals surface area contributed by atoms with Crippen LogP contribution in [-0.2, 0) is 4.79 Å². The van der Waals surface area contributed by atoms with E-state index in [4.69, 9.17) is 9.84 Å². The maximum Gasteiger partial charge on any atom is 0.324 e. The van der Waals surface area contributed by atoms with E-state index < -0.39 is 12.0 Å². The summed E-state index contributed by atoms with van der Waals surface area (Å²) in [6.07, 6.45) is 0. The Morgan fingerprint density at radius 2 is 2.12 bits per heavy atom. The van der Waals surface area contributed by atoms with Crippen molar-refractivity contribution < 1.29 is 14.6 Å². The van der Waals surface area contributed by atoms with Gasteiger partial charge < -0.3 is 15.2 Å². The van der Waals surface area contributed by atoms with Gasteiger partial charge in [0.05, 0.1) is 0 Å². The van der Waals surface area contributed by atoms with E-state index in [0.717, 1.165) is 5.56 Å². The zero-order valence-corrected chi connectivity index (χ0v) is 10.5. The van der Waals surface area contributed by atoms with Crippen molar-refractivity contribution in [1.29, 1.82) is 0 Å². The molecule has 0 aliphatic rings. The largest absolute Gasteiger partial charge is 0.491 e. The number of aliphatic carboxylic acids is 1. The fourth-order valence-corrected chi connectivity index (χ4v) is 1.45. The van der Waals surface area contributed by atoms with Gasteiger partial charge in [-0.2, -0.15) is 0 Å². The van der Waals surface area contributed by atoms with E-state index >= 15 is 0 Å². The minimum Gasteiger partial charge on any atom is -0.491 e. The molecular formula is C13H19NO3. The van der Waals surface area contributed by atoms with Crippen molar-refractivity contribution in [1.82, 2.24) is 5.32 Å². The van der Waals surface area contributed by atoms with Gasteiger partial charge in [0.2, 0.25) is 0 Å². The van der Waals surface area contributed by atoms with Gasteiger partial charge in [-0.1, -0.05) is 13.0 Å². The standard InChI is InChI=1S/C13H19NO3/c1-4-14-12(13(15)16)8-17-11-6-5-9(2)10(3)7-11/h5-7,12,14H,4,8H2,1-3H3,(H,15,16). The van der Waals surface area contributed by atoms with Gasteiger partial charge in [-0.15, -0.1) is 0 Å². The lowest BCUT2D eigenvalue weighted by Crippen LogP contribution is -2.41. The summed E-state index contributed by atoms with van der Waals surface area (Å²) < 4.78 is 5.47. The summed E-state index contributed by atoms with van der Waals surface area (Å²) in [5.74, 6) is -0.187. The summed E-state index contributed by atoms with van der Waals surface area (Å²) in [4.78, 5) is 10.9. The van der Waals surface area contributed by atoms with Crippen LogP contribution >= 0.6 is 0 Å². The number of aryl methyl sites for hydroxylation is 2. The van der Waals surface area contributed by atoms with Crippen LogP contribution in [-0.4, -0.2) is 30.3 Å². The first-order chi connectivity index (χ1) is 8.04. The van der Waals surface area contributed by atoms with Crippen LogP contribution < -0.4 is 10.1 Å². The average molecular weight is 237 g/mol. The molecule has 4 nitrogen and oxygen atoms in total. The molecule has 17 heavy (non-hydrogen) atoms. The topological polar surface area (TPSA) is 58.6 Å². The monoisotopic (exact) mass is 237 g/mol. The molecule has 0 aliphatic carbocycles. The van der Waals surface area contributed by atoms with Crippen molar-refractivity contribution >= 4 is 5.97 Å². The third-order valence-corrected chi connectivity index (χ3v) is 2.64. The van der Waals surface area contributed by atoms with Crippen LogP contribution in [0.2, 0.25) is 0 Å². The van der Waals surface area contributed by atoms with Crippen molar-refractivity contribution in [2.45, 2.75) is 26.8 Å². The Bertz CT molecular complexity index is 390. The molecule has 94 valence electrons. The number of benzene rings is 1. The van der Waals surface area contributed by atoms with Crippen LogP contribution in [0.3, 0.4) is 0 Å². The number of hydrogen-bond donors (Lipinski definition) is 2. The lowest BCUT2D eigenvalue weighted by molar-refractivity contribution is -0.140. The molecule has 0 spiro atoms. The first-order valence-corrected chi connectivity index (χ1v) is 5.70. The molecule has 0 aliphatic heterocycles. The van der Waals surface area contributed by atoms with Crippen LogP contribution in [0.15, 0.2) is 18.2 Å². The van der Waals surface area contributed by atoms with E-state index in [1.54, 1.807) is 0 Å². The molecule has 1 aromatic rings.